The molecule has 0 spiro atoms. The molecule has 0 atom stereocenters. The van der Waals surface area contributed by atoms with Gasteiger partial charge in [0.15, 0.2) is 5.78 Å². The number of carbonyl (C=O) groups is 1. The van der Waals surface area contributed by atoms with Crippen LogP contribution in [0.3, 0.4) is 0 Å². The Bertz CT molecular complexity index is 592. The quantitative estimate of drug-likeness (QED) is 0.585. The second-order valence-electron chi connectivity index (χ2n) is 4.07. The van der Waals surface area contributed by atoms with Crippen molar-refractivity contribution in [3.05, 3.63) is 47.5 Å². The molecule has 0 aliphatic carbocycles. The van der Waals surface area contributed by atoms with Crippen molar-refractivity contribution in [2.45, 2.75) is 20.3 Å². The first-order valence-corrected chi connectivity index (χ1v) is 5.73. The van der Waals surface area contributed by atoms with Crippen molar-refractivity contribution >= 4 is 22.3 Å². The molecule has 2 aromatic rings. The van der Waals surface area contributed by atoms with Crippen LogP contribution in [0.2, 0.25) is 0 Å². The third-order valence-corrected chi connectivity index (χ3v) is 2.93. The van der Waals surface area contributed by atoms with Gasteiger partial charge in [-0.25, -0.2) is 0 Å². The molecule has 0 aliphatic rings. The van der Waals surface area contributed by atoms with E-state index in [1.807, 2.05) is 37.3 Å². The number of benzene rings is 2. The number of carbonyl (C=O) groups excluding carboxylic acids is 2. The minimum Gasteiger partial charge on any atom is -0.294 e. The van der Waals surface area contributed by atoms with Crippen molar-refractivity contribution in [1.29, 1.82) is 0 Å². The fraction of sp³-hybridized carbons (Fsp3) is 0.200. The highest BCUT2D eigenvalue weighted by Crippen LogP contribution is 2.24. The molecular formula is C15H15O2+. The van der Waals surface area contributed by atoms with Gasteiger partial charge in [0.1, 0.15) is 0 Å². The Morgan fingerprint density at radius 2 is 1.71 bits per heavy atom. The van der Waals surface area contributed by atoms with Crippen LogP contribution in [0.25, 0.3) is 10.8 Å². The Morgan fingerprint density at radius 3 is 2.24 bits per heavy atom. The molecule has 2 nitrogen and oxygen atoms in total. The van der Waals surface area contributed by atoms with Crippen molar-refractivity contribution in [2.75, 3.05) is 0 Å². The van der Waals surface area contributed by atoms with Crippen LogP contribution in [0.4, 0.5) is 0 Å². The molecule has 0 saturated carbocycles. The summed E-state index contributed by atoms with van der Waals surface area (Å²) in [7, 11) is 0. The third-order valence-electron chi connectivity index (χ3n) is 2.93. The van der Waals surface area contributed by atoms with Crippen molar-refractivity contribution < 1.29 is 9.59 Å². The highest BCUT2D eigenvalue weighted by molar-refractivity contribution is 6.16. The van der Waals surface area contributed by atoms with E-state index in [1.54, 1.807) is 13.0 Å². The van der Waals surface area contributed by atoms with E-state index >= 15 is 0 Å². The molecule has 1 N–H and O–H groups in total. The van der Waals surface area contributed by atoms with E-state index < -0.39 is 0 Å². The van der Waals surface area contributed by atoms with Gasteiger partial charge in [0, 0.05) is 10.9 Å². The molecule has 2 heteroatoms. The molecule has 0 radical (unpaired) electrons. The van der Waals surface area contributed by atoms with E-state index in [9.17, 15) is 9.59 Å². The summed E-state index contributed by atoms with van der Waals surface area (Å²) in [6.45, 7) is 3.44. The minimum atomic E-state index is 0.0203. The molecule has 0 heterocycles. The molecule has 0 aromatic heterocycles. The number of hydrogen-bond acceptors (Lipinski definition) is 1. The number of ketones is 2. The molecule has 0 aliphatic heterocycles. The molecule has 86 valence electrons. The molecule has 0 saturated heterocycles. The molecule has 2 aromatic carbocycles. The zero-order valence-electron chi connectivity index (χ0n) is 10.0. The molecule has 0 unspecified atom stereocenters. The highest BCUT2D eigenvalue weighted by Gasteiger charge is 2.17. The Labute approximate surface area is 100 Å². The monoisotopic (exact) mass is 227 g/mol. The number of rotatable bonds is 3. The Balaban J connectivity index is 2.85. The SMILES string of the molecule is CCC(=[OH+])c1cccc2cccc(C(C)=O)c12. The van der Waals surface area contributed by atoms with Gasteiger partial charge < -0.3 is 0 Å². The lowest BCUT2D eigenvalue weighted by Crippen LogP contribution is -2.03. The van der Waals surface area contributed by atoms with Crippen LogP contribution in [0, 0.1) is 0 Å². The zero-order chi connectivity index (χ0) is 12.4. The van der Waals surface area contributed by atoms with Gasteiger partial charge in [-0.2, -0.15) is 0 Å². The Morgan fingerprint density at radius 1 is 1.12 bits per heavy atom. The van der Waals surface area contributed by atoms with Gasteiger partial charge in [0.05, 0.1) is 12.0 Å². The summed E-state index contributed by atoms with van der Waals surface area (Å²) in [5, 5.41) is 1.83. The molecule has 0 amide bonds. The van der Waals surface area contributed by atoms with E-state index in [1.165, 1.54) is 0 Å². The van der Waals surface area contributed by atoms with Gasteiger partial charge in [0.2, 0.25) is 0 Å². The highest BCUT2D eigenvalue weighted by atomic mass is 16.1. The van der Waals surface area contributed by atoms with E-state index in [2.05, 4.69) is 0 Å². The van der Waals surface area contributed by atoms with Crippen LogP contribution in [0.5, 0.6) is 0 Å². The molecule has 0 fully saturated rings. The van der Waals surface area contributed by atoms with Crippen LogP contribution >= 0.6 is 0 Å². The number of hydrogen-bond donors (Lipinski definition) is 0. The maximum Gasteiger partial charge on any atom is 0.323 e. The minimum absolute atomic E-state index is 0.0203. The van der Waals surface area contributed by atoms with Crippen molar-refractivity contribution in [1.82, 2.24) is 0 Å². The molecule has 17 heavy (non-hydrogen) atoms. The van der Waals surface area contributed by atoms with Crippen molar-refractivity contribution in [3.63, 3.8) is 0 Å². The predicted octanol–water partition coefficient (Wildman–Crippen LogP) is 3.35. The van der Waals surface area contributed by atoms with Crippen LogP contribution in [-0.4, -0.2) is 16.4 Å². The fourth-order valence-corrected chi connectivity index (χ4v) is 2.07. The summed E-state index contributed by atoms with van der Waals surface area (Å²) >= 11 is 0. The average Bonchev–Trinajstić information content (AvgIpc) is 2.36. The van der Waals surface area contributed by atoms with Crippen LogP contribution in [0.1, 0.15) is 36.2 Å². The lowest BCUT2D eigenvalue weighted by Gasteiger charge is -2.06. The topological polar surface area (TPSA) is 38.5 Å². The van der Waals surface area contributed by atoms with Gasteiger partial charge in [-0.05, 0) is 18.4 Å². The van der Waals surface area contributed by atoms with Gasteiger partial charge in [-0.3, -0.25) is 9.59 Å². The number of fused-ring (bicyclic) bond motifs is 1. The first-order valence-electron chi connectivity index (χ1n) is 5.73. The van der Waals surface area contributed by atoms with E-state index in [-0.39, 0.29) is 5.78 Å². The lowest BCUT2D eigenvalue weighted by molar-refractivity contribution is 0.101. The van der Waals surface area contributed by atoms with E-state index in [0.29, 0.717) is 17.8 Å². The summed E-state index contributed by atoms with van der Waals surface area (Å²) < 4.78 is 0. The maximum atomic E-state index is 11.6. The van der Waals surface area contributed by atoms with Gasteiger partial charge in [-0.15, -0.1) is 0 Å². The number of Topliss-reactive ketones (excluding diaryl/α,β-unsaturated/α-hetero) is 1. The average molecular weight is 227 g/mol. The van der Waals surface area contributed by atoms with Gasteiger partial charge in [0.25, 0.3) is 0 Å². The van der Waals surface area contributed by atoms with Crippen molar-refractivity contribution in [3.8, 4) is 0 Å². The largest absolute Gasteiger partial charge is 0.323 e. The first kappa shape index (κ1) is 11.5. The lowest BCUT2D eigenvalue weighted by atomic mass is 9.94. The summed E-state index contributed by atoms with van der Waals surface area (Å²) in [5.74, 6) is 0.344. The van der Waals surface area contributed by atoms with Crippen LogP contribution < -0.4 is 0 Å². The smallest absolute Gasteiger partial charge is 0.294 e. The van der Waals surface area contributed by atoms with E-state index in [4.69, 9.17) is 0 Å². The maximum absolute atomic E-state index is 11.6. The Hall–Kier alpha value is -1.96. The van der Waals surface area contributed by atoms with Gasteiger partial charge >= 0.3 is 5.78 Å². The fourth-order valence-electron chi connectivity index (χ4n) is 2.07. The summed E-state index contributed by atoms with van der Waals surface area (Å²) in [5.41, 5.74) is 1.42. The third kappa shape index (κ3) is 1.98. The second-order valence-corrected chi connectivity index (χ2v) is 4.07. The standard InChI is InChI=1S/C15H14O2/c1-3-14(17)13-9-5-7-11-6-4-8-12(10(2)16)15(11)13/h4-9H,3H2,1-2H3/p+1. The summed E-state index contributed by atoms with van der Waals surface area (Å²) in [6.07, 6.45) is 0.561. The normalized spacial score (nSPS) is 10.5. The van der Waals surface area contributed by atoms with Crippen LogP contribution in [0.15, 0.2) is 36.4 Å². The molecular weight excluding hydrogens is 212 g/mol. The second kappa shape index (κ2) is 4.50. The summed E-state index contributed by atoms with van der Waals surface area (Å²) in [4.78, 5) is 21.6. The van der Waals surface area contributed by atoms with Gasteiger partial charge in [-0.1, -0.05) is 37.3 Å². The first-order chi connectivity index (χ1) is 8.15. The van der Waals surface area contributed by atoms with E-state index in [0.717, 1.165) is 16.3 Å². The zero-order valence-corrected chi connectivity index (χ0v) is 10.0. The summed E-state index contributed by atoms with van der Waals surface area (Å²) in [6, 6.07) is 11.3. The van der Waals surface area contributed by atoms with Crippen molar-refractivity contribution in [2.24, 2.45) is 0 Å². The molecule has 2 rings (SSSR count). The predicted molar refractivity (Wildman–Crippen MR) is 70.3 cm³/mol. The molecule has 0 bridgehead atoms. The Kier molecular flexibility index (Phi) is 3.05. The van der Waals surface area contributed by atoms with Crippen LogP contribution in [-0.2, 0) is 0 Å².